The molecule has 4 heterocycles. The fourth-order valence-electron chi connectivity index (χ4n) is 3.89. The zero-order chi connectivity index (χ0) is 19.3. The Morgan fingerprint density at radius 3 is 2.46 bits per heavy atom. The molecule has 0 bridgehead atoms. The van der Waals surface area contributed by atoms with Gasteiger partial charge in [0.25, 0.3) is 0 Å². The summed E-state index contributed by atoms with van der Waals surface area (Å²) in [7, 11) is 2.10. The van der Waals surface area contributed by atoms with Gasteiger partial charge in [0.15, 0.2) is 0 Å². The van der Waals surface area contributed by atoms with E-state index in [1.165, 1.54) is 5.52 Å². The topological polar surface area (TPSA) is 59.7 Å². The van der Waals surface area contributed by atoms with Gasteiger partial charge in [0.05, 0.1) is 28.3 Å². The van der Waals surface area contributed by atoms with Crippen molar-refractivity contribution in [1.29, 1.82) is 0 Å². The molecule has 0 N–H and O–H groups in total. The third kappa shape index (κ3) is 2.81. The first-order valence-corrected chi connectivity index (χ1v) is 9.54. The van der Waals surface area contributed by atoms with Gasteiger partial charge in [-0.1, -0.05) is 18.2 Å². The summed E-state index contributed by atoms with van der Waals surface area (Å²) in [6.45, 7) is 5.75. The second-order valence-electron chi connectivity index (χ2n) is 7.44. The van der Waals surface area contributed by atoms with Crippen LogP contribution in [0, 0.1) is 13.8 Å². The first kappa shape index (κ1) is 16.9. The van der Waals surface area contributed by atoms with Gasteiger partial charge in [0.1, 0.15) is 17.5 Å². The predicted molar refractivity (Wildman–Crippen MR) is 110 cm³/mol. The van der Waals surface area contributed by atoms with E-state index in [1.807, 2.05) is 44.2 Å². The Morgan fingerprint density at radius 2 is 1.68 bits per heavy atom. The first-order valence-electron chi connectivity index (χ1n) is 9.54. The summed E-state index contributed by atoms with van der Waals surface area (Å²) in [5.74, 6) is 3.28. The van der Waals surface area contributed by atoms with Crippen LogP contribution in [0.4, 0.5) is 5.82 Å². The Morgan fingerprint density at radius 1 is 0.857 bits per heavy atom. The van der Waals surface area contributed by atoms with Gasteiger partial charge in [-0.05, 0) is 38.1 Å². The summed E-state index contributed by atoms with van der Waals surface area (Å²) in [5, 5.41) is 0. The van der Waals surface area contributed by atoms with Gasteiger partial charge >= 0.3 is 0 Å². The summed E-state index contributed by atoms with van der Waals surface area (Å²) < 4.78 is 2.21. The number of hydrogen-bond acceptors (Lipinski definition) is 5. The largest absolute Gasteiger partial charge is 0.355 e. The van der Waals surface area contributed by atoms with Crippen LogP contribution in [-0.4, -0.2) is 37.6 Å². The zero-order valence-corrected chi connectivity index (χ0v) is 16.3. The van der Waals surface area contributed by atoms with Crippen LogP contribution in [0.15, 0.2) is 48.5 Å². The molecule has 1 saturated heterocycles. The molecule has 1 aromatic carbocycles. The van der Waals surface area contributed by atoms with E-state index in [4.69, 9.17) is 4.98 Å². The number of imidazole rings is 1. The molecule has 3 aromatic heterocycles. The van der Waals surface area contributed by atoms with E-state index in [0.29, 0.717) is 5.92 Å². The van der Waals surface area contributed by atoms with Crippen LogP contribution < -0.4 is 4.90 Å². The number of hydrogen-bond donors (Lipinski definition) is 0. The maximum Gasteiger partial charge on any atom is 0.132 e. The molecule has 28 heavy (non-hydrogen) atoms. The summed E-state index contributed by atoms with van der Waals surface area (Å²) in [6.07, 6.45) is 0. The highest BCUT2D eigenvalue weighted by atomic mass is 15.3. The molecule has 5 rings (SSSR count). The summed E-state index contributed by atoms with van der Waals surface area (Å²) >= 11 is 0. The molecule has 4 aromatic rings. The van der Waals surface area contributed by atoms with E-state index >= 15 is 0 Å². The number of aromatic nitrogens is 5. The molecule has 0 spiro atoms. The van der Waals surface area contributed by atoms with Crippen LogP contribution in [0.25, 0.3) is 22.4 Å². The summed E-state index contributed by atoms with van der Waals surface area (Å²) in [5.41, 5.74) is 4.99. The number of fused-ring (bicyclic) bond motifs is 1. The van der Waals surface area contributed by atoms with Crippen LogP contribution in [0.5, 0.6) is 0 Å². The standard InChI is InChI=1S/C22H22N6/c1-14-7-6-9-17(23-14)19-11-21(25-15(2)24-19)28-12-16(13-28)22-26-18-8-4-5-10-20(18)27(22)3/h4-11,16H,12-13H2,1-3H3. The third-order valence-electron chi connectivity index (χ3n) is 5.37. The number of para-hydroxylation sites is 2. The average molecular weight is 370 g/mol. The van der Waals surface area contributed by atoms with Crippen molar-refractivity contribution in [2.45, 2.75) is 19.8 Å². The molecule has 1 fully saturated rings. The van der Waals surface area contributed by atoms with Crippen molar-refractivity contribution in [3.05, 3.63) is 65.9 Å². The Balaban J connectivity index is 1.41. The Kier molecular flexibility index (Phi) is 3.86. The second kappa shape index (κ2) is 6.41. The smallest absolute Gasteiger partial charge is 0.132 e. The molecular formula is C22H22N6. The maximum atomic E-state index is 4.85. The molecule has 0 atom stereocenters. The fraction of sp³-hybridized carbons (Fsp3) is 0.273. The lowest BCUT2D eigenvalue weighted by atomic mass is 9.99. The summed E-state index contributed by atoms with van der Waals surface area (Å²) in [6, 6.07) is 16.3. The van der Waals surface area contributed by atoms with Crippen LogP contribution in [-0.2, 0) is 7.05 Å². The Labute approximate surface area is 163 Å². The molecule has 1 aliphatic rings. The van der Waals surface area contributed by atoms with Crippen LogP contribution in [0.2, 0.25) is 0 Å². The molecule has 6 heteroatoms. The molecule has 1 aliphatic heterocycles. The monoisotopic (exact) mass is 370 g/mol. The van der Waals surface area contributed by atoms with Gasteiger partial charge < -0.3 is 9.47 Å². The Bertz CT molecular complexity index is 1170. The number of aryl methyl sites for hydroxylation is 3. The minimum atomic E-state index is 0.410. The van der Waals surface area contributed by atoms with Crippen molar-refractivity contribution < 1.29 is 0 Å². The normalized spacial score (nSPS) is 14.5. The van der Waals surface area contributed by atoms with Crippen molar-refractivity contribution in [3.63, 3.8) is 0 Å². The summed E-state index contributed by atoms with van der Waals surface area (Å²) in [4.78, 5) is 21.0. The minimum absolute atomic E-state index is 0.410. The van der Waals surface area contributed by atoms with E-state index < -0.39 is 0 Å². The van der Waals surface area contributed by atoms with Gasteiger partial charge in [-0.25, -0.2) is 15.0 Å². The first-order chi connectivity index (χ1) is 13.6. The highest BCUT2D eigenvalue weighted by Crippen LogP contribution is 2.32. The molecule has 0 saturated carbocycles. The molecule has 6 nitrogen and oxygen atoms in total. The number of anilines is 1. The van der Waals surface area contributed by atoms with E-state index in [0.717, 1.165) is 53.2 Å². The lowest BCUT2D eigenvalue weighted by Gasteiger charge is -2.39. The van der Waals surface area contributed by atoms with Crippen LogP contribution in [0.1, 0.15) is 23.3 Å². The molecular weight excluding hydrogens is 348 g/mol. The highest BCUT2D eigenvalue weighted by Gasteiger charge is 2.33. The van der Waals surface area contributed by atoms with Gasteiger partial charge in [-0.2, -0.15) is 0 Å². The van der Waals surface area contributed by atoms with Gasteiger partial charge in [-0.15, -0.1) is 0 Å². The number of rotatable bonds is 3. The maximum absolute atomic E-state index is 4.85. The Hall–Kier alpha value is -3.28. The number of nitrogens with zero attached hydrogens (tertiary/aromatic N) is 6. The second-order valence-corrected chi connectivity index (χ2v) is 7.44. The zero-order valence-electron chi connectivity index (χ0n) is 16.3. The highest BCUT2D eigenvalue weighted by molar-refractivity contribution is 5.76. The van der Waals surface area contributed by atoms with E-state index in [2.05, 4.69) is 49.7 Å². The van der Waals surface area contributed by atoms with Gasteiger partial charge in [0, 0.05) is 31.9 Å². The van der Waals surface area contributed by atoms with E-state index in [-0.39, 0.29) is 0 Å². The molecule has 0 aliphatic carbocycles. The van der Waals surface area contributed by atoms with Crippen LogP contribution in [0.3, 0.4) is 0 Å². The minimum Gasteiger partial charge on any atom is -0.355 e. The van der Waals surface area contributed by atoms with Gasteiger partial charge in [-0.3, -0.25) is 4.98 Å². The third-order valence-corrected chi connectivity index (χ3v) is 5.37. The van der Waals surface area contributed by atoms with E-state index in [1.54, 1.807) is 0 Å². The number of pyridine rings is 1. The van der Waals surface area contributed by atoms with Crippen LogP contribution >= 0.6 is 0 Å². The van der Waals surface area contributed by atoms with Gasteiger partial charge in [0.2, 0.25) is 0 Å². The molecule has 140 valence electrons. The average Bonchev–Trinajstić information content (AvgIpc) is 2.97. The molecule has 0 radical (unpaired) electrons. The van der Waals surface area contributed by atoms with Crippen molar-refractivity contribution in [1.82, 2.24) is 24.5 Å². The SMILES string of the molecule is Cc1cccc(-c2cc(N3CC(c4nc5ccccc5n4C)C3)nc(C)n2)n1. The molecule has 0 amide bonds. The quantitative estimate of drug-likeness (QED) is 0.551. The predicted octanol–water partition coefficient (Wildman–Crippen LogP) is 3.65. The molecule has 0 unspecified atom stereocenters. The lowest BCUT2D eigenvalue weighted by molar-refractivity contribution is 0.485. The van der Waals surface area contributed by atoms with Crippen molar-refractivity contribution in [3.8, 4) is 11.4 Å². The number of benzene rings is 1. The van der Waals surface area contributed by atoms with E-state index in [9.17, 15) is 0 Å². The van der Waals surface area contributed by atoms with Crippen molar-refractivity contribution >= 4 is 16.9 Å². The fourth-order valence-corrected chi connectivity index (χ4v) is 3.89. The van der Waals surface area contributed by atoms with Crippen molar-refractivity contribution in [2.75, 3.05) is 18.0 Å². The lowest BCUT2D eigenvalue weighted by Crippen LogP contribution is -2.46. The van der Waals surface area contributed by atoms with Crippen molar-refractivity contribution in [2.24, 2.45) is 7.05 Å².